The van der Waals surface area contributed by atoms with Crippen molar-refractivity contribution in [2.45, 2.75) is 40.2 Å². The maximum absolute atomic E-state index is 14.2. The standard InChI is InChI=1S/C28H35N5O5S/c1-15(2)9-10-31-27(35)24(18-7-8-20(37-5)21(14-18)38-6)33(19-12-16(3)11-17(4)13-19)28(36)25-22(29)23(26(30)34)32-39-25/h7-8,11-15,24H,9-10,29H2,1-6H3,(H2,30,34)(H,31,35)/t24-/m0/s1. The van der Waals surface area contributed by atoms with Gasteiger partial charge in [0.15, 0.2) is 17.2 Å². The van der Waals surface area contributed by atoms with Gasteiger partial charge in [0.1, 0.15) is 10.9 Å². The summed E-state index contributed by atoms with van der Waals surface area (Å²) in [6, 6.07) is 9.52. The van der Waals surface area contributed by atoms with Crippen LogP contribution in [-0.2, 0) is 4.79 Å². The molecule has 0 fully saturated rings. The third kappa shape index (κ3) is 6.66. The van der Waals surface area contributed by atoms with Crippen molar-refractivity contribution in [1.29, 1.82) is 0 Å². The van der Waals surface area contributed by atoms with Gasteiger partial charge in [0, 0.05) is 12.2 Å². The molecular weight excluding hydrogens is 518 g/mol. The van der Waals surface area contributed by atoms with E-state index < -0.39 is 23.8 Å². The molecule has 0 spiro atoms. The van der Waals surface area contributed by atoms with Gasteiger partial charge in [-0.3, -0.25) is 19.3 Å². The molecule has 2 aromatic carbocycles. The highest BCUT2D eigenvalue weighted by molar-refractivity contribution is 7.09. The molecule has 1 aromatic heterocycles. The first kappa shape index (κ1) is 29.4. The van der Waals surface area contributed by atoms with Crippen molar-refractivity contribution in [3.63, 3.8) is 0 Å². The molecule has 208 valence electrons. The number of hydrogen-bond donors (Lipinski definition) is 3. The maximum Gasteiger partial charge on any atom is 0.273 e. The first-order valence-electron chi connectivity index (χ1n) is 12.4. The molecule has 1 heterocycles. The van der Waals surface area contributed by atoms with E-state index in [1.807, 2.05) is 32.0 Å². The third-order valence-electron chi connectivity index (χ3n) is 6.11. The minimum atomic E-state index is -1.12. The van der Waals surface area contributed by atoms with E-state index in [-0.39, 0.29) is 16.3 Å². The summed E-state index contributed by atoms with van der Waals surface area (Å²) in [7, 11) is 3.01. The summed E-state index contributed by atoms with van der Waals surface area (Å²) < 4.78 is 14.9. The second kappa shape index (κ2) is 12.6. The fraction of sp³-hybridized carbons (Fsp3) is 0.357. The number of nitrogens with zero attached hydrogens (tertiary/aromatic N) is 2. The number of hydrogen-bond acceptors (Lipinski definition) is 8. The van der Waals surface area contributed by atoms with E-state index >= 15 is 0 Å². The van der Waals surface area contributed by atoms with Crippen LogP contribution in [0.25, 0.3) is 0 Å². The van der Waals surface area contributed by atoms with E-state index in [0.717, 1.165) is 29.1 Å². The van der Waals surface area contributed by atoms with Gasteiger partial charge in [-0.2, -0.15) is 4.37 Å². The Bertz CT molecular complexity index is 1350. The molecule has 3 aromatic rings. The molecule has 0 aliphatic rings. The summed E-state index contributed by atoms with van der Waals surface area (Å²) in [5, 5.41) is 2.98. The second-order valence-corrected chi connectivity index (χ2v) is 10.4. The zero-order chi connectivity index (χ0) is 28.9. The first-order valence-corrected chi connectivity index (χ1v) is 13.2. The van der Waals surface area contributed by atoms with Gasteiger partial charge in [-0.15, -0.1) is 0 Å². The first-order chi connectivity index (χ1) is 18.5. The highest BCUT2D eigenvalue weighted by atomic mass is 32.1. The van der Waals surface area contributed by atoms with Crippen LogP contribution in [-0.4, -0.2) is 42.9 Å². The van der Waals surface area contributed by atoms with Gasteiger partial charge >= 0.3 is 0 Å². The quantitative estimate of drug-likeness (QED) is 0.325. The van der Waals surface area contributed by atoms with E-state index in [1.165, 1.54) is 19.1 Å². The summed E-state index contributed by atoms with van der Waals surface area (Å²) in [4.78, 5) is 41.3. The Labute approximate surface area is 232 Å². The fourth-order valence-electron chi connectivity index (χ4n) is 4.23. The van der Waals surface area contributed by atoms with Crippen LogP contribution in [0.4, 0.5) is 11.4 Å². The van der Waals surface area contributed by atoms with Crippen LogP contribution in [0.5, 0.6) is 11.5 Å². The molecule has 5 N–H and O–H groups in total. The van der Waals surface area contributed by atoms with Crippen LogP contribution in [0.1, 0.15) is 63.2 Å². The van der Waals surface area contributed by atoms with E-state index in [9.17, 15) is 14.4 Å². The smallest absolute Gasteiger partial charge is 0.273 e. The van der Waals surface area contributed by atoms with Crippen LogP contribution in [0.2, 0.25) is 0 Å². The number of carbonyl (C=O) groups excluding carboxylic acids is 3. The number of benzene rings is 2. The van der Waals surface area contributed by atoms with Crippen LogP contribution in [0.15, 0.2) is 36.4 Å². The number of anilines is 2. The average Bonchev–Trinajstić information content (AvgIpc) is 3.27. The lowest BCUT2D eigenvalue weighted by molar-refractivity contribution is -0.122. The molecule has 0 unspecified atom stereocenters. The monoisotopic (exact) mass is 553 g/mol. The summed E-state index contributed by atoms with van der Waals surface area (Å²) in [6.45, 7) is 8.35. The molecule has 39 heavy (non-hydrogen) atoms. The van der Waals surface area contributed by atoms with Crippen molar-refractivity contribution in [2.75, 3.05) is 31.4 Å². The lowest BCUT2D eigenvalue weighted by atomic mass is 10.0. The molecule has 10 nitrogen and oxygen atoms in total. The summed E-state index contributed by atoms with van der Waals surface area (Å²) in [6.07, 6.45) is 0.756. The molecule has 0 saturated carbocycles. The molecule has 0 radical (unpaired) electrons. The maximum atomic E-state index is 14.2. The molecule has 3 amide bonds. The van der Waals surface area contributed by atoms with Crippen molar-refractivity contribution < 1.29 is 23.9 Å². The highest BCUT2D eigenvalue weighted by Crippen LogP contribution is 2.37. The third-order valence-corrected chi connectivity index (χ3v) is 6.96. The van der Waals surface area contributed by atoms with Crippen molar-refractivity contribution in [1.82, 2.24) is 9.69 Å². The van der Waals surface area contributed by atoms with E-state index in [4.69, 9.17) is 20.9 Å². The summed E-state index contributed by atoms with van der Waals surface area (Å²) in [5.74, 6) is -0.594. The van der Waals surface area contributed by atoms with Gasteiger partial charge in [0.05, 0.1) is 19.9 Å². The van der Waals surface area contributed by atoms with Crippen molar-refractivity contribution >= 4 is 40.6 Å². The second-order valence-electron chi connectivity index (χ2n) is 9.65. The number of amides is 3. The zero-order valence-corrected chi connectivity index (χ0v) is 23.8. The molecular formula is C28H35N5O5S. The number of nitrogens with one attached hydrogen (secondary N) is 1. The number of aryl methyl sites for hydroxylation is 2. The SMILES string of the molecule is COc1ccc([C@@H](C(=O)NCCC(C)C)N(C(=O)c2snc(C(N)=O)c2N)c2cc(C)cc(C)c2)cc1OC. The van der Waals surface area contributed by atoms with E-state index in [0.29, 0.717) is 35.2 Å². The van der Waals surface area contributed by atoms with Crippen LogP contribution in [0.3, 0.4) is 0 Å². The minimum Gasteiger partial charge on any atom is -0.493 e. The summed E-state index contributed by atoms with van der Waals surface area (Å²) >= 11 is 0.760. The summed E-state index contributed by atoms with van der Waals surface area (Å²) in [5.41, 5.74) is 14.0. The molecule has 3 rings (SSSR count). The molecule has 1 atom stereocenters. The molecule has 0 saturated heterocycles. The van der Waals surface area contributed by atoms with Gasteiger partial charge in [-0.05, 0) is 78.7 Å². The Kier molecular flexibility index (Phi) is 9.52. The van der Waals surface area contributed by atoms with Crippen LogP contribution < -0.4 is 31.2 Å². The Morgan fingerprint density at radius 2 is 1.67 bits per heavy atom. The van der Waals surface area contributed by atoms with Crippen molar-refractivity contribution in [3.05, 3.63) is 63.7 Å². The van der Waals surface area contributed by atoms with Gasteiger partial charge in [0.25, 0.3) is 11.8 Å². The van der Waals surface area contributed by atoms with Gasteiger partial charge < -0.3 is 26.3 Å². The number of rotatable bonds is 11. The van der Waals surface area contributed by atoms with Crippen molar-refractivity contribution in [2.24, 2.45) is 11.7 Å². The Morgan fingerprint density at radius 1 is 1.03 bits per heavy atom. The van der Waals surface area contributed by atoms with Gasteiger partial charge in [-0.25, -0.2) is 0 Å². The lowest BCUT2D eigenvalue weighted by Crippen LogP contribution is -2.44. The van der Waals surface area contributed by atoms with Gasteiger partial charge in [0.2, 0.25) is 5.91 Å². The largest absolute Gasteiger partial charge is 0.493 e. The van der Waals surface area contributed by atoms with E-state index in [2.05, 4.69) is 23.5 Å². The Morgan fingerprint density at radius 3 is 2.21 bits per heavy atom. The number of ether oxygens (including phenoxy) is 2. The zero-order valence-electron chi connectivity index (χ0n) is 23.0. The average molecular weight is 554 g/mol. The Hall–Kier alpha value is -4.12. The Balaban J connectivity index is 2.26. The number of carbonyl (C=O) groups is 3. The van der Waals surface area contributed by atoms with Crippen LogP contribution in [0, 0.1) is 19.8 Å². The predicted octanol–water partition coefficient (Wildman–Crippen LogP) is 4.01. The molecule has 0 bridgehead atoms. The number of aromatic nitrogens is 1. The topological polar surface area (TPSA) is 150 Å². The predicted molar refractivity (Wildman–Crippen MR) is 153 cm³/mol. The number of primary amides is 1. The molecule has 11 heteroatoms. The molecule has 0 aliphatic heterocycles. The minimum absolute atomic E-state index is 0.00316. The fourth-order valence-corrected chi connectivity index (χ4v) is 4.98. The number of methoxy groups -OCH3 is 2. The normalized spacial score (nSPS) is 11.7. The highest BCUT2D eigenvalue weighted by Gasteiger charge is 2.36. The molecule has 0 aliphatic carbocycles. The number of nitrogen functional groups attached to an aromatic ring is 1. The lowest BCUT2D eigenvalue weighted by Gasteiger charge is -2.32. The van der Waals surface area contributed by atoms with Crippen molar-refractivity contribution in [3.8, 4) is 11.5 Å². The van der Waals surface area contributed by atoms with Gasteiger partial charge in [-0.1, -0.05) is 26.0 Å². The van der Waals surface area contributed by atoms with E-state index in [1.54, 1.807) is 18.2 Å². The van der Waals surface area contributed by atoms with Crippen LogP contribution >= 0.6 is 11.5 Å². The number of nitrogens with two attached hydrogens (primary N) is 2.